The Morgan fingerprint density at radius 3 is 1.10 bits per heavy atom. The summed E-state index contributed by atoms with van der Waals surface area (Å²) in [6, 6.07) is 0. The summed E-state index contributed by atoms with van der Waals surface area (Å²) in [4.78, 5) is 10.5. The molecule has 0 heterocycles. The van der Waals surface area contributed by atoms with Gasteiger partial charge < -0.3 is 39.9 Å². The Bertz CT molecular complexity index is 1080. The molecule has 6 N–H and O–H groups in total. The summed E-state index contributed by atoms with van der Waals surface area (Å²) in [5, 5.41) is 50.6. The van der Waals surface area contributed by atoms with Gasteiger partial charge in [0.15, 0.2) is 0 Å². The van der Waals surface area contributed by atoms with E-state index in [1.165, 1.54) is 103 Å². The summed E-state index contributed by atoms with van der Waals surface area (Å²) < 4.78 is 35.5. The molecule has 0 amide bonds. The fourth-order valence-corrected chi connectivity index (χ4v) is 9.61. The largest absolute Gasteiger partial charge is 0.472 e. The van der Waals surface area contributed by atoms with Crippen LogP contribution in [0.2, 0.25) is 0 Å². The molecular formula is C49H99O11P. The molecule has 0 radical (unpaired) electrons. The Kier molecular flexibility index (Phi) is 32.1. The van der Waals surface area contributed by atoms with Crippen molar-refractivity contribution >= 4 is 7.82 Å². The van der Waals surface area contributed by atoms with Gasteiger partial charge in [-0.25, -0.2) is 4.57 Å². The Labute approximate surface area is 374 Å². The topological polar surface area (TPSA) is 175 Å². The molecule has 12 heteroatoms. The molecule has 1 aliphatic rings. The lowest BCUT2D eigenvalue weighted by Crippen LogP contribution is -2.64. The molecule has 366 valence electrons. The first kappa shape index (κ1) is 58.8. The fraction of sp³-hybridized carbons (Fsp3) is 1.00. The van der Waals surface area contributed by atoms with Gasteiger partial charge in [0.1, 0.15) is 42.7 Å². The highest BCUT2D eigenvalue weighted by atomic mass is 31.2. The van der Waals surface area contributed by atoms with E-state index >= 15 is 0 Å². The van der Waals surface area contributed by atoms with E-state index in [4.69, 9.17) is 18.5 Å². The van der Waals surface area contributed by atoms with Crippen LogP contribution in [0.4, 0.5) is 0 Å². The van der Waals surface area contributed by atoms with E-state index in [9.17, 15) is 35.0 Å². The quantitative estimate of drug-likeness (QED) is 0.0257. The number of phosphoric acid groups is 1. The van der Waals surface area contributed by atoms with Crippen molar-refractivity contribution in [2.24, 2.45) is 47.3 Å². The predicted molar refractivity (Wildman–Crippen MR) is 248 cm³/mol. The van der Waals surface area contributed by atoms with Gasteiger partial charge in [0.2, 0.25) is 0 Å². The molecule has 12 atom stereocenters. The summed E-state index contributed by atoms with van der Waals surface area (Å²) in [6.07, 6.45) is 12.6. The Hall–Kier alpha value is -0.170. The third kappa shape index (κ3) is 28.5. The zero-order valence-electron chi connectivity index (χ0n) is 40.8. The van der Waals surface area contributed by atoms with Crippen molar-refractivity contribution in [3.05, 3.63) is 0 Å². The van der Waals surface area contributed by atoms with Crippen LogP contribution < -0.4 is 0 Å². The van der Waals surface area contributed by atoms with Crippen molar-refractivity contribution < 1.29 is 53.5 Å². The van der Waals surface area contributed by atoms with E-state index in [1.807, 2.05) is 0 Å². The standard InChI is InChI=1S/C49H99O11P/c1-35(2)17-11-19-37(5)21-13-23-39(7)25-15-27-41(9)29-31-57-33-43(34-59-61(55,56)60-49-47(53)45(51)44(50)46(52)48(49)54)58-32-30-42(10)28-16-26-40(8)24-14-22-38(6)20-12-18-36(3)4/h35-54H,11-34H2,1-10H3,(H,55,56)/t37?,38?,39?,40?,41?,42?,43?,44?,45-,46-,47-,48-,49?/m0/s1. The highest BCUT2D eigenvalue weighted by Gasteiger charge is 2.51. The number of ether oxygens (including phenoxy) is 2. The van der Waals surface area contributed by atoms with Crippen molar-refractivity contribution in [3.8, 4) is 0 Å². The van der Waals surface area contributed by atoms with Gasteiger partial charge in [-0.15, -0.1) is 0 Å². The van der Waals surface area contributed by atoms with Crippen LogP contribution >= 0.6 is 7.82 Å². The maximum absolute atomic E-state index is 13.0. The minimum atomic E-state index is -4.92. The Morgan fingerprint density at radius 1 is 0.426 bits per heavy atom. The third-order valence-electron chi connectivity index (χ3n) is 13.3. The zero-order valence-corrected chi connectivity index (χ0v) is 41.7. The number of hydrogen-bond donors (Lipinski definition) is 6. The lowest BCUT2D eigenvalue weighted by molar-refractivity contribution is -0.220. The first-order valence-corrected chi connectivity index (χ1v) is 26.5. The highest BCUT2D eigenvalue weighted by molar-refractivity contribution is 7.47. The SMILES string of the molecule is CC(C)CCCC(C)CCCC(C)CCCC(C)CCOCC(COP(=O)(O)OC1[C@@H](O)[C@@H](O)C(O)[C@H](O)[C@@H]1O)OCCC(C)CCCC(C)CCCC(C)CCCC(C)C. The minimum Gasteiger partial charge on any atom is -0.387 e. The predicted octanol–water partition coefficient (Wildman–Crippen LogP) is 10.6. The van der Waals surface area contributed by atoms with Gasteiger partial charge in [-0.05, 0) is 60.2 Å². The van der Waals surface area contributed by atoms with Crippen molar-refractivity contribution in [3.63, 3.8) is 0 Å². The van der Waals surface area contributed by atoms with E-state index in [1.54, 1.807) is 0 Å². The minimum absolute atomic E-state index is 0.139. The average molecular weight is 895 g/mol. The summed E-state index contributed by atoms with van der Waals surface area (Å²) >= 11 is 0. The monoisotopic (exact) mass is 895 g/mol. The van der Waals surface area contributed by atoms with Crippen LogP contribution in [0, 0.1) is 47.3 Å². The average Bonchev–Trinajstić information content (AvgIpc) is 3.18. The summed E-state index contributed by atoms with van der Waals surface area (Å²) in [6.45, 7) is 24.0. The molecule has 0 spiro atoms. The maximum atomic E-state index is 13.0. The highest BCUT2D eigenvalue weighted by Crippen LogP contribution is 2.47. The van der Waals surface area contributed by atoms with Gasteiger partial charge in [0.05, 0.1) is 13.2 Å². The van der Waals surface area contributed by atoms with Gasteiger partial charge >= 0.3 is 7.82 Å². The van der Waals surface area contributed by atoms with Crippen LogP contribution in [0.3, 0.4) is 0 Å². The van der Waals surface area contributed by atoms with Gasteiger partial charge in [-0.1, -0.05) is 185 Å². The Morgan fingerprint density at radius 2 is 0.738 bits per heavy atom. The smallest absolute Gasteiger partial charge is 0.387 e. The van der Waals surface area contributed by atoms with E-state index in [2.05, 4.69) is 69.2 Å². The number of rotatable bonds is 38. The van der Waals surface area contributed by atoms with Crippen LogP contribution in [0.25, 0.3) is 0 Å². The summed E-state index contributed by atoms with van der Waals surface area (Å²) in [7, 11) is -4.92. The van der Waals surface area contributed by atoms with Gasteiger partial charge in [0.25, 0.3) is 0 Å². The van der Waals surface area contributed by atoms with Crippen LogP contribution in [0.15, 0.2) is 0 Å². The van der Waals surface area contributed by atoms with Gasteiger partial charge in [-0.3, -0.25) is 9.05 Å². The Balaban J connectivity index is 2.55. The number of phosphoric ester groups is 1. The molecule has 11 nitrogen and oxygen atoms in total. The van der Waals surface area contributed by atoms with E-state index in [0.29, 0.717) is 31.0 Å². The molecule has 1 fully saturated rings. The number of aliphatic hydroxyl groups excluding tert-OH is 5. The summed E-state index contributed by atoms with van der Waals surface area (Å²) in [5.74, 6) is 5.61. The van der Waals surface area contributed by atoms with Crippen molar-refractivity contribution in [2.75, 3.05) is 26.4 Å². The van der Waals surface area contributed by atoms with Crippen molar-refractivity contribution in [2.45, 2.75) is 240 Å². The maximum Gasteiger partial charge on any atom is 0.472 e. The van der Waals surface area contributed by atoms with Crippen molar-refractivity contribution in [1.82, 2.24) is 0 Å². The molecular weight excluding hydrogens is 796 g/mol. The van der Waals surface area contributed by atoms with Gasteiger partial charge in [0, 0.05) is 13.2 Å². The molecule has 0 aromatic carbocycles. The third-order valence-corrected chi connectivity index (χ3v) is 14.3. The van der Waals surface area contributed by atoms with Crippen LogP contribution in [-0.2, 0) is 23.1 Å². The van der Waals surface area contributed by atoms with E-state index in [-0.39, 0.29) is 13.2 Å². The van der Waals surface area contributed by atoms with Gasteiger partial charge in [-0.2, -0.15) is 0 Å². The lowest BCUT2D eigenvalue weighted by Gasteiger charge is -2.41. The molecule has 61 heavy (non-hydrogen) atoms. The molecule has 1 aliphatic carbocycles. The number of hydrogen-bond acceptors (Lipinski definition) is 10. The molecule has 8 unspecified atom stereocenters. The first-order valence-electron chi connectivity index (χ1n) is 25.0. The van der Waals surface area contributed by atoms with E-state index < -0.39 is 50.6 Å². The van der Waals surface area contributed by atoms with Crippen LogP contribution in [0.5, 0.6) is 0 Å². The van der Waals surface area contributed by atoms with E-state index in [0.717, 1.165) is 55.3 Å². The molecule has 0 bridgehead atoms. The fourth-order valence-electron chi connectivity index (χ4n) is 8.64. The number of aliphatic hydroxyl groups is 5. The second-order valence-corrected chi connectivity index (χ2v) is 22.3. The zero-order chi connectivity index (χ0) is 46.0. The van der Waals surface area contributed by atoms with Crippen LogP contribution in [0.1, 0.15) is 198 Å². The molecule has 1 saturated carbocycles. The molecule has 0 saturated heterocycles. The second kappa shape index (κ2) is 33.3. The summed E-state index contributed by atoms with van der Waals surface area (Å²) in [5.41, 5.74) is 0. The lowest BCUT2D eigenvalue weighted by atomic mass is 9.85. The molecule has 0 aromatic rings. The second-order valence-electron chi connectivity index (χ2n) is 20.9. The normalized spacial score (nSPS) is 25.6. The molecule has 0 aliphatic heterocycles. The molecule has 0 aromatic heterocycles. The molecule has 1 rings (SSSR count). The van der Waals surface area contributed by atoms with Crippen molar-refractivity contribution in [1.29, 1.82) is 0 Å². The van der Waals surface area contributed by atoms with Crippen LogP contribution in [-0.4, -0.2) is 99.6 Å². The first-order chi connectivity index (χ1) is 28.7.